The molecule has 1 rings (SSSR count). The van der Waals surface area contributed by atoms with Crippen molar-refractivity contribution >= 4 is 17.7 Å². The third kappa shape index (κ3) is 4.22. The summed E-state index contributed by atoms with van der Waals surface area (Å²) in [5.41, 5.74) is 6.24. The number of benzene rings is 1. The molecule has 1 aromatic carbocycles. The molecule has 6 N–H and O–H groups in total. The summed E-state index contributed by atoms with van der Waals surface area (Å²) in [5.74, 6) is -1.39. The molecule has 0 saturated heterocycles. The maximum Gasteiger partial charge on any atom is 0.317 e. The summed E-state index contributed by atoms with van der Waals surface area (Å²) in [6, 6.07) is 6.23. The van der Waals surface area contributed by atoms with Crippen LogP contribution >= 0.6 is 0 Å². The Hall–Kier alpha value is -2.41. The lowest BCUT2D eigenvalue weighted by Crippen LogP contribution is -2.36. The quantitative estimate of drug-likeness (QED) is 0.198. The smallest absolute Gasteiger partial charge is 0.317 e. The van der Waals surface area contributed by atoms with E-state index < -0.39 is 5.97 Å². The van der Waals surface area contributed by atoms with E-state index in [1.165, 1.54) is 0 Å². The average molecular weight is 250 g/mol. The third-order valence-electron chi connectivity index (χ3n) is 2.11. The third-order valence-corrected chi connectivity index (χ3v) is 2.11. The first-order valence-electron chi connectivity index (χ1n) is 5.16. The van der Waals surface area contributed by atoms with Crippen molar-refractivity contribution in [3.05, 3.63) is 35.4 Å². The minimum atomic E-state index is -0.991. The first-order chi connectivity index (χ1) is 8.50. The highest BCUT2D eigenvalue weighted by molar-refractivity contribution is 5.98. The van der Waals surface area contributed by atoms with Crippen LogP contribution in [0.1, 0.15) is 15.9 Å². The van der Waals surface area contributed by atoms with E-state index in [4.69, 9.17) is 16.2 Å². The second kappa shape index (κ2) is 6.36. The lowest BCUT2D eigenvalue weighted by Gasteiger charge is -2.06. The minimum absolute atomic E-state index is 0.0647. The van der Waals surface area contributed by atoms with Crippen LogP contribution in [0.4, 0.5) is 0 Å². The summed E-state index contributed by atoms with van der Waals surface area (Å²) in [4.78, 5) is 21.8. The predicted octanol–water partition coefficient (Wildman–Crippen LogP) is -0.668. The molecule has 0 unspecified atom stereocenters. The van der Waals surface area contributed by atoms with E-state index >= 15 is 0 Å². The summed E-state index contributed by atoms with van der Waals surface area (Å²) >= 11 is 0. The molecule has 0 fully saturated rings. The second-order valence-corrected chi connectivity index (χ2v) is 3.49. The van der Waals surface area contributed by atoms with Gasteiger partial charge in [-0.2, -0.15) is 0 Å². The lowest BCUT2D eigenvalue weighted by molar-refractivity contribution is -0.135. The van der Waals surface area contributed by atoms with Gasteiger partial charge in [-0.25, -0.2) is 0 Å². The van der Waals surface area contributed by atoms with Gasteiger partial charge in [-0.1, -0.05) is 12.1 Å². The number of nitrogen functional groups attached to an aromatic ring is 1. The molecular formula is C11H14N4O3. The van der Waals surface area contributed by atoms with Gasteiger partial charge >= 0.3 is 5.97 Å². The number of carbonyl (C=O) groups excluding carboxylic acids is 1. The number of carboxylic acids is 1. The zero-order valence-corrected chi connectivity index (χ0v) is 9.56. The second-order valence-electron chi connectivity index (χ2n) is 3.49. The highest BCUT2D eigenvalue weighted by Crippen LogP contribution is 2.03. The van der Waals surface area contributed by atoms with Crippen LogP contribution in [0, 0.1) is 5.41 Å². The van der Waals surface area contributed by atoms with E-state index in [-0.39, 0.29) is 25.0 Å². The maximum absolute atomic E-state index is 11.6. The zero-order chi connectivity index (χ0) is 13.5. The Balaban J connectivity index is 2.46. The van der Waals surface area contributed by atoms with E-state index in [1.54, 1.807) is 24.3 Å². The van der Waals surface area contributed by atoms with Crippen molar-refractivity contribution in [1.29, 1.82) is 5.41 Å². The molecule has 7 heteroatoms. The predicted molar refractivity (Wildman–Crippen MR) is 65.4 cm³/mol. The molecule has 0 aromatic heterocycles. The van der Waals surface area contributed by atoms with Gasteiger partial charge in [-0.15, -0.1) is 0 Å². The molecule has 0 atom stereocenters. The number of amidine groups is 1. The molecule has 0 radical (unpaired) electrons. The van der Waals surface area contributed by atoms with Crippen LogP contribution in [-0.4, -0.2) is 36.0 Å². The Kier molecular flexibility index (Phi) is 4.82. The van der Waals surface area contributed by atoms with Crippen LogP contribution in [0.15, 0.2) is 24.3 Å². The number of amides is 1. The number of hydrogen-bond donors (Lipinski definition) is 5. The molecule has 7 nitrogen and oxygen atoms in total. The van der Waals surface area contributed by atoms with E-state index in [0.29, 0.717) is 11.1 Å². The van der Waals surface area contributed by atoms with Crippen molar-refractivity contribution in [3.8, 4) is 0 Å². The molecule has 18 heavy (non-hydrogen) atoms. The molecular weight excluding hydrogens is 236 g/mol. The fourth-order valence-corrected chi connectivity index (χ4v) is 1.22. The molecule has 0 heterocycles. The van der Waals surface area contributed by atoms with Crippen molar-refractivity contribution in [2.45, 2.75) is 0 Å². The van der Waals surface area contributed by atoms with Crippen LogP contribution in [0.5, 0.6) is 0 Å². The highest BCUT2D eigenvalue weighted by atomic mass is 16.4. The van der Waals surface area contributed by atoms with Gasteiger partial charge in [0.25, 0.3) is 5.91 Å². The van der Waals surface area contributed by atoms with E-state index in [9.17, 15) is 9.59 Å². The summed E-state index contributed by atoms with van der Waals surface area (Å²) in [6.45, 7) is -0.150. The molecule has 96 valence electrons. The molecule has 0 bridgehead atoms. The van der Waals surface area contributed by atoms with Crippen molar-refractivity contribution in [3.63, 3.8) is 0 Å². The Morgan fingerprint density at radius 3 is 2.28 bits per heavy atom. The Bertz CT molecular complexity index is 456. The fourth-order valence-electron chi connectivity index (χ4n) is 1.22. The Morgan fingerprint density at radius 2 is 1.78 bits per heavy atom. The molecule has 0 spiro atoms. The number of hydrogen-bond acceptors (Lipinski definition) is 4. The first-order valence-corrected chi connectivity index (χ1v) is 5.16. The highest BCUT2D eigenvalue weighted by Gasteiger charge is 2.05. The summed E-state index contributed by atoms with van der Waals surface area (Å²) in [5, 5.41) is 20.6. The molecule has 0 saturated carbocycles. The normalized spacial score (nSPS) is 9.78. The number of nitrogens with one attached hydrogen (secondary N) is 3. The van der Waals surface area contributed by atoms with Crippen molar-refractivity contribution in [1.82, 2.24) is 10.6 Å². The maximum atomic E-state index is 11.6. The first kappa shape index (κ1) is 13.7. The van der Waals surface area contributed by atoms with Gasteiger partial charge in [0, 0.05) is 11.1 Å². The Morgan fingerprint density at radius 1 is 1.22 bits per heavy atom. The standard InChI is InChI=1S/C11H14N4O3/c12-10(13)7-1-3-8(4-2-7)11(18)15-6-14-5-9(16)17/h1-4,14H,5-6H2,(H3,12,13)(H,15,18)(H,16,17). The Labute approximate surface area is 103 Å². The molecule has 1 aromatic rings. The fraction of sp³-hybridized carbons (Fsp3) is 0.182. The monoisotopic (exact) mass is 250 g/mol. The van der Waals surface area contributed by atoms with E-state index in [0.717, 1.165) is 0 Å². The van der Waals surface area contributed by atoms with E-state index in [2.05, 4.69) is 10.6 Å². The number of carboxylic acid groups (broad SMARTS) is 1. The van der Waals surface area contributed by atoms with Crippen molar-refractivity contribution in [2.24, 2.45) is 5.73 Å². The number of carbonyl (C=O) groups is 2. The summed E-state index contributed by atoms with van der Waals surface area (Å²) in [7, 11) is 0. The van der Waals surface area contributed by atoms with Gasteiger partial charge in [-0.05, 0) is 12.1 Å². The number of nitrogens with two attached hydrogens (primary N) is 1. The average Bonchev–Trinajstić information content (AvgIpc) is 2.34. The van der Waals surface area contributed by atoms with Crippen molar-refractivity contribution < 1.29 is 14.7 Å². The summed E-state index contributed by atoms with van der Waals surface area (Å²) < 4.78 is 0. The van der Waals surface area contributed by atoms with Crippen LogP contribution in [-0.2, 0) is 4.79 Å². The number of aliphatic carboxylic acids is 1. The number of rotatable bonds is 6. The molecule has 0 aliphatic heterocycles. The zero-order valence-electron chi connectivity index (χ0n) is 9.56. The minimum Gasteiger partial charge on any atom is -0.480 e. The van der Waals surface area contributed by atoms with Crippen LogP contribution in [0.25, 0.3) is 0 Å². The topological polar surface area (TPSA) is 128 Å². The van der Waals surface area contributed by atoms with Gasteiger partial charge in [0.05, 0.1) is 13.2 Å². The van der Waals surface area contributed by atoms with Crippen LogP contribution in [0.2, 0.25) is 0 Å². The molecule has 0 aliphatic rings. The van der Waals surface area contributed by atoms with Crippen LogP contribution < -0.4 is 16.4 Å². The SMILES string of the molecule is N=C(N)c1ccc(C(=O)NCNCC(=O)O)cc1. The lowest BCUT2D eigenvalue weighted by atomic mass is 10.1. The van der Waals surface area contributed by atoms with Gasteiger partial charge in [-0.3, -0.25) is 20.3 Å². The summed E-state index contributed by atoms with van der Waals surface area (Å²) in [6.07, 6.45) is 0. The largest absolute Gasteiger partial charge is 0.480 e. The van der Waals surface area contributed by atoms with Gasteiger partial charge < -0.3 is 16.2 Å². The van der Waals surface area contributed by atoms with Gasteiger partial charge in [0.1, 0.15) is 5.84 Å². The van der Waals surface area contributed by atoms with Gasteiger partial charge in [0.2, 0.25) is 0 Å². The molecule has 0 aliphatic carbocycles. The van der Waals surface area contributed by atoms with Crippen molar-refractivity contribution in [2.75, 3.05) is 13.2 Å². The van der Waals surface area contributed by atoms with Gasteiger partial charge in [0.15, 0.2) is 0 Å². The van der Waals surface area contributed by atoms with E-state index in [1.807, 2.05) is 0 Å². The molecule has 1 amide bonds. The van der Waals surface area contributed by atoms with Crippen LogP contribution in [0.3, 0.4) is 0 Å².